The summed E-state index contributed by atoms with van der Waals surface area (Å²) in [6, 6.07) is 10.1. The minimum atomic E-state index is 0.706. The van der Waals surface area contributed by atoms with E-state index >= 15 is 0 Å². The minimum absolute atomic E-state index is 0.706. The van der Waals surface area contributed by atoms with Crippen molar-refractivity contribution < 1.29 is 0 Å². The van der Waals surface area contributed by atoms with E-state index in [9.17, 15) is 5.26 Å². The number of nitrogens with zero attached hydrogens (tertiary/aromatic N) is 3. The summed E-state index contributed by atoms with van der Waals surface area (Å²) < 4.78 is 2.73. The molecule has 0 fully saturated rings. The van der Waals surface area contributed by atoms with Gasteiger partial charge in [-0.2, -0.15) is 5.26 Å². The number of halogens is 1. The van der Waals surface area contributed by atoms with E-state index in [4.69, 9.17) is 0 Å². The molecule has 0 atom stereocenters. The van der Waals surface area contributed by atoms with Gasteiger partial charge in [0, 0.05) is 22.7 Å². The first-order valence-corrected chi connectivity index (χ1v) is 5.97. The highest BCUT2D eigenvalue weighted by Gasteiger charge is 2.12. The molecule has 0 aliphatic rings. The van der Waals surface area contributed by atoms with Crippen LogP contribution in [0.15, 0.2) is 35.1 Å². The second-order valence-corrected chi connectivity index (χ2v) is 4.69. The van der Waals surface area contributed by atoms with Crippen LogP contribution < -0.4 is 0 Å². The summed E-state index contributed by atoms with van der Waals surface area (Å²) in [6.45, 7) is 1.94. The van der Waals surface area contributed by atoms with E-state index in [2.05, 4.69) is 27.0 Å². The Morgan fingerprint density at radius 2 is 2.00 bits per heavy atom. The van der Waals surface area contributed by atoms with Crippen molar-refractivity contribution in [1.82, 2.24) is 9.38 Å². The smallest absolute Gasteiger partial charge is 0.146 e. The maximum atomic E-state index is 9.29. The second-order valence-electron chi connectivity index (χ2n) is 3.88. The maximum absolute atomic E-state index is 9.29. The number of benzene rings is 1. The number of fused-ring (bicyclic) bond motifs is 3. The number of imidazole rings is 1. The number of nitriles is 1. The van der Waals surface area contributed by atoms with Crippen LogP contribution in [0.2, 0.25) is 0 Å². The zero-order chi connectivity index (χ0) is 12.0. The summed E-state index contributed by atoms with van der Waals surface area (Å²) in [5.41, 5.74) is 2.50. The lowest BCUT2D eigenvalue weighted by molar-refractivity contribution is 1.09. The van der Waals surface area contributed by atoms with Crippen molar-refractivity contribution in [1.29, 1.82) is 5.26 Å². The van der Waals surface area contributed by atoms with Gasteiger partial charge in [0.2, 0.25) is 0 Å². The topological polar surface area (TPSA) is 41.1 Å². The van der Waals surface area contributed by atoms with E-state index in [-0.39, 0.29) is 0 Å². The molecule has 3 rings (SSSR count). The van der Waals surface area contributed by atoms with Crippen LogP contribution in [0.4, 0.5) is 0 Å². The number of aryl methyl sites for hydroxylation is 1. The third kappa shape index (κ3) is 1.36. The van der Waals surface area contributed by atoms with Crippen LogP contribution in [0.1, 0.15) is 11.3 Å². The lowest BCUT2D eigenvalue weighted by atomic mass is 10.1. The Balaban J connectivity index is 2.69. The van der Waals surface area contributed by atoms with E-state index in [1.165, 1.54) is 0 Å². The van der Waals surface area contributed by atoms with E-state index in [0.717, 1.165) is 26.7 Å². The fourth-order valence-electron chi connectivity index (χ4n) is 2.15. The number of hydrogen-bond donors (Lipinski definition) is 0. The third-order valence-corrected chi connectivity index (χ3v) is 3.33. The van der Waals surface area contributed by atoms with E-state index in [0.29, 0.717) is 5.56 Å². The number of rotatable bonds is 0. The van der Waals surface area contributed by atoms with Gasteiger partial charge >= 0.3 is 0 Å². The predicted octanol–water partition coefficient (Wildman–Crippen LogP) is 3.43. The molecule has 0 aliphatic heterocycles. The first kappa shape index (κ1) is 10.3. The van der Waals surface area contributed by atoms with E-state index in [1.807, 2.05) is 41.8 Å². The van der Waals surface area contributed by atoms with Gasteiger partial charge < -0.3 is 4.40 Å². The van der Waals surface area contributed by atoms with Crippen LogP contribution in [-0.2, 0) is 0 Å². The van der Waals surface area contributed by atoms with Crippen LogP contribution in [-0.4, -0.2) is 9.38 Å². The molecule has 82 valence electrons. The molecule has 2 heterocycles. The summed E-state index contributed by atoms with van der Waals surface area (Å²) in [7, 11) is 0. The molecular formula is C13H8BrN3. The molecule has 0 spiro atoms. The number of pyridine rings is 1. The van der Waals surface area contributed by atoms with Crippen molar-refractivity contribution in [3.05, 3.63) is 46.3 Å². The fraction of sp³-hybridized carbons (Fsp3) is 0.0769. The molecule has 0 saturated carbocycles. The van der Waals surface area contributed by atoms with Crippen molar-refractivity contribution >= 4 is 32.3 Å². The summed E-state index contributed by atoms with van der Waals surface area (Å²) in [5, 5.41) is 11.2. The Labute approximate surface area is 106 Å². The molecule has 1 aromatic carbocycles. The number of hydrogen-bond acceptors (Lipinski definition) is 2. The molecule has 3 nitrogen and oxygen atoms in total. The molecule has 0 radical (unpaired) electrons. The quantitative estimate of drug-likeness (QED) is 0.635. The van der Waals surface area contributed by atoms with Gasteiger partial charge in [-0.1, -0.05) is 24.3 Å². The first-order chi connectivity index (χ1) is 8.22. The van der Waals surface area contributed by atoms with Crippen LogP contribution in [0.5, 0.6) is 0 Å². The Kier molecular flexibility index (Phi) is 2.17. The highest BCUT2D eigenvalue weighted by atomic mass is 79.9. The Morgan fingerprint density at radius 1 is 1.29 bits per heavy atom. The molecule has 0 amide bonds. The van der Waals surface area contributed by atoms with Crippen molar-refractivity contribution in [2.45, 2.75) is 6.92 Å². The molecule has 3 aromatic rings. The molecule has 0 saturated heterocycles. The molecule has 0 unspecified atom stereocenters. The van der Waals surface area contributed by atoms with Gasteiger partial charge in [-0.25, -0.2) is 4.98 Å². The average molecular weight is 286 g/mol. The van der Waals surface area contributed by atoms with Gasteiger partial charge in [-0.3, -0.25) is 0 Å². The van der Waals surface area contributed by atoms with E-state index in [1.54, 1.807) is 0 Å². The van der Waals surface area contributed by atoms with Gasteiger partial charge in [-0.15, -0.1) is 0 Å². The Bertz CT molecular complexity index is 781. The molecular weight excluding hydrogens is 278 g/mol. The molecule has 0 N–H and O–H groups in total. The molecule has 0 bridgehead atoms. The third-order valence-electron chi connectivity index (χ3n) is 2.95. The summed E-state index contributed by atoms with van der Waals surface area (Å²) >= 11 is 3.38. The minimum Gasteiger partial charge on any atom is -0.301 e. The van der Waals surface area contributed by atoms with Crippen LogP contribution in [0.3, 0.4) is 0 Å². The molecule has 4 heteroatoms. The molecule has 2 aromatic heterocycles. The van der Waals surface area contributed by atoms with Gasteiger partial charge in [-0.05, 0) is 22.9 Å². The van der Waals surface area contributed by atoms with Crippen molar-refractivity contribution in [2.24, 2.45) is 0 Å². The van der Waals surface area contributed by atoms with E-state index < -0.39 is 0 Å². The van der Waals surface area contributed by atoms with Crippen LogP contribution in [0.25, 0.3) is 16.4 Å². The molecule has 17 heavy (non-hydrogen) atoms. The van der Waals surface area contributed by atoms with Gasteiger partial charge in [0.15, 0.2) is 0 Å². The summed E-state index contributed by atoms with van der Waals surface area (Å²) in [4.78, 5) is 4.45. The molecule has 0 aliphatic carbocycles. The van der Waals surface area contributed by atoms with Crippen molar-refractivity contribution in [3.8, 4) is 6.07 Å². The highest BCUT2D eigenvalue weighted by molar-refractivity contribution is 9.10. The maximum Gasteiger partial charge on any atom is 0.146 e. The monoisotopic (exact) mass is 285 g/mol. The summed E-state index contributed by atoms with van der Waals surface area (Å²) in [6.07, 6.45) is 1.89. The lowest BCUT2D eigenvalue weighted by Crippen LogP contribution is -1.96. The SMILES string of the molecule is Cc1c(C#N)c2ccccc2c2nc(Br)cn12. The first-order valence-electron chi connectivity index (χ1n) is 5.18. The van der Waals surface area contributed by atoms with Gasteiger partial charge in [0.25, 0.3) is 0 Å². The number of aromatic nitrogens is 2. The summed E-state index contributed by atoms with van der Waals surface area (Å²) in [5.74, 6) is 0. The standard InChI is InChI=1S/C13H8BrN3/c1-8-11(6-15)9-4-2-3-5-10(9)13-16-12(14)7-17(8)13/h2-5,7H,1H3. The largest absolute Gasteiger partial charge is 0.301 e. The van der Waals surface area contributed by atoms with Crippen LogP contribution in [0, 0.1) is 18.3 Å². The Morgan fingerprint density at radius 3 is 2.71 bits per heavy atom. The Hall–Kier alpha value is -1.86. The predicted molar refractivity (Wildman–Crippen MR) is 69.9 cm³/mol. The zero-order valence-electron chi connectivity index (χ0n) is 9.11. The normalized spacial score (nSPS) is 10.9. The highest BCUT2D eigenvalue weighted by Crippen LogP contribution is 2.27. The average Bonchev–Trinajstić information content (AvgIpc) is 2.72. The van der Waals surface area contributed by atoms with Gasteiger partial charge in [0.05, 0.1) is 5.56 Å². The van der Waals surface area contributed by atoms with Crippen LogP contribution >= 0.6 is 15.9 Å². The van der Waals surface area contributed by atoms with Gasteiger partial charge in [0.1, 0.15) is 16.3 Å². The van der Waals surface area contributed by atoms with Crippen molar-refractivity contribution in [3.63, 3.8) is 0 Å². The second kappa shape index (κ2) is 3.57. The fourth-order valence-corrected chi connectivity index (χ4v) is 2.52. The van der Waals surface area contributed by atoms with Crippen molar-refractivity contribution in [2.75, 3.05) is 0 Å². The lowest BCUT2D eigenvalue weighted by Gasteiger charge is -2.07. The zero-order valence-corrected chi connectivity index (χ0v) is 10.7.